The van der Waals surface area contributed by atoms with Gasteiger partial charge in [0.15, 0.2) is 9.84 Å². The maximum absolute atomic E-state index is 11.4. The van der Waals surface area contributed by atoms with Gasteiger partial charge in [-0.15, -0.1) is 11.3 Å². The Morgan fingerprint density at radius 3 is 2.38 bits per heavy atom. The third kappa shape index (κ3) is 3.02. The van der Waals surface area contributed by atoms with Crippen LogP contribution in [0.5, 0.6) is 0 Å². The maximum Gasteiger partial charge on any atom is 0.156 e. The standard InChI is InChI=1S/C10H18N2O2S2/c1-6(7(2)11)9-5-15-10(12-9)8(3)16(4,13)14/h5-8H,11H2,1-4H3. The lowest BCUT2D eigenvalue weighted by Crippen LogP contribution is -2.22. The topological polar surface area (TPSA) is 73.1 Å². The van der Waals surface area contributed by atoms with Crippen molar-refractivity contribution in [3.05, 3.63) is 16.1 Å². The summed E-state index contributed by atoms with van der Waals surface area (Å²) >= 11 is 1.38. The van der Waals surface area contributed by atoms with Crippen LogP contribution in [0, 0.1) is 0 Å². The Morgan fingerprint density at radius 1 is 1.38 bits per heavy atom. The lowest BCUT2D eigenvalue weighted by atomic mass is 10.0. The molecule has 1 aromatic rings. The van der Waals surface area contributed by atoms with Crippen molar-refractivity contribution in [2.75, 3.05) is 6.26 Å². The van der Waals surface area contributed by atoms with Crippen molar-refractivity contribution in [3.8, 4) is 0 Å². The zero-order valence-electron chi connectivity index (χ0n) is 9.97. The van der Waals surface area contributed by atoms with E-state index >= 15 is 0 Å². The van der Waals surface area contributed by atoms with Crippen LogP contribution in [0.4, 0.5) is 0 Å². The second-order valence-electron chi connectivity index (χ2n) is 4.23. The monoisotopic (exact) mass is 262 g/mol. The molecule has 0 amide bonds. The van der Waals surface area contributed by atoms with Crippen LogP contribution in [-0.4, -0.2) is 25.7 Å². The average Bonchev–Trinajstić information content (AvgIpc) is 2.62. The summed E-state index contributed by atoms with van der Waals surface area (Å²) in [6.07, 6.45) is 1.23. The van der Waals surface area contributed by atoms with Gasteiger partial charge in [-0.2, -0.15) is 0 Å². The fraction of sp³-hybridized carbons (Fsp3) is 0.700. The minimum Gasteiger partial charge on any atom is -0.327 e. The Balaban J connectivity index is 2.96. The molecule has 16 heavy (non-hydrogen) atoms. The molecule has 1 aromatic heterocycles. The molecule has 0 spiro atoms. The molecule has 0 saturated carbocycles. The molecule has 0 fully saturated rings. The van der Waals surface area contributed by atoms with E-state index in [-0.39, 0.29) is 12.0 Å². The van der Waals surface area contributed by atoms with Gasteiger partial charge >= 0.3 is 0 Å². The molecule has 92 valence electrons. The minimum absolute atomic E-state index is 0.0171. The molecule has 0 aliphatic heterocycles. The first-order valence-corrected chi connectivity index (χ1v) is 7.96. The first kappa shape index (κ1) is 13.6. The van der Waals surface area contributed by atoms with Crippen molar-refractivity contribution in [3.63, 3.8) is 0 Å². The minimum atomic E-state index is -3.07. The molecule has 0 bridgehead atoms. The molecule has 6 heteroatoms. The number of rotatable bonds is 4. The molecule has 0 aliphatic carbocycles. The van der Waals surface area contributed by atoms with Crippen LogP contribution in [0.15, 0.2) is 5.38 Å². The fourth-order valence-corrected chi connectivity index (χ4v) is 3.12. The molecule has 2 N–H and O–H groups in total. The summed E-state index contributed by atoms with van der Waals surface area (Å²) in [7, 11) is -3.07. The smallest absolute Gasteiger partial charge is 0.156 e. The van der Waals surface area contributed by atoms with Crippen LogP contribution < -0.4 is 5.73 Å². The van der Waals surface area contributed by atoms with Gasteiger partial charge in [0, 0.05) is 23.6 Å². The Kier molecular flexibility index (Phi) is 4.09. The summed E-state index contributed by atoms with van der Waals surface area (Å²) in [5.41, 5.74) is 6.67. The molecule has 0 saturated heterocycles. The number of thiazole rings is 1. The second kappa shape index (κ2) is 4.81. The number of nitrogens with two attached hydrogens (primary N) is 1. The Hall–Kier alpha value is -0.460. The van der Waals surface area contributed by atoms with Crippen molar-refractivity contribution in [1.82, 2.24) is 4.98 Å². The zero-order chi connectivity index (χ0) is 12.5. The van der Waals surface area contributed by atoms with Crippen LogP contribution in [0.2, 0.25) is 0 Å². The van der Waals surface area contributed by atoms with Gasteiger partial charge in [0.25, 0.3) is 0 Å². The highest BCUT2D eigenvalue weighted by Gasteiger charge is 2.22. The first-order chi connectivity index (χ1) is 7.23. The molecule has 3 unspecified atom stereocenters. The van der Waals surface area contributed by atoms with E-state index < -0.39 is 15.1 Å². The summed E-state index contributed by atoms with van der Waals surface area (Å²) in [5, 5.41) is 2.00. The maximum atomic E-state index is 11.4. The van der Waals surface area contributed by atoms with Gasteiger partial charge < -0.3 is 5.73 Å². The third-order valence-corrected chi connectivity index (χ3v) is 5.49. The number of sulfone groups is 1. The highest BCUT2D eigenvalue weighted by molar-refractivity contribution is 7.91. The van der Waals surface area contributed by atoms with Crippen molar-refractivity contribution < 1.29 is 8.42 Å². The molecule has 1 heterocycles. The van der Waals surface area contributed by atoms with Crippen molar-refractivity contribution >= 4 is 21.2 Å². The first-order valence-electron chi connectivity index (χ1n) is 5.13. The van der Waals surface area contributed by atoms with Crippen LogP contribution in [-0.2, 0) is 9.84 Å². The van der Waals surface area contributed by atoms with E-state index in [0.29, 0.717) is 5.01 Å². The summed E-state index contributed by atoms with van der Waals surface area (Å²) in [6, 6.07) is 0.0171. The Morgan fingerprint density at radius 2 is 1.94 bits per heavy atom. The van der Waals surface area contributed by atoms with E-state index in [4.69, 9.17) is 5.73 Å². The van der Waals surface area contributed by atoms with E-state index in [9.17, 15) is 8.42 Å². The van der Waals surface area contributed by atoms with E-state index in [1.807, 2.05) is 19.2 Å². The Labute approximate surface area is 101 Å². The fourth-order valence-electron chi connectivity index (χ4n) is 1.15. The van der Waals surface area contributed by atoms with Gasteiger partial charge in [0.2, 0.25) is 0 Å². The predicted octanol–water partition coefficient (Wildman–Crippen LogP) is 1.70. The Bertz CT molecular complexity index is 451. The molecular weight excluding hydrogens is 244 g/mol. The largest absolute Gasteiger partial charge is 0.327 e. The molecule has 0 radical (unpaired) electrons. The summed E-state index contributed by atoms with van der Waals surface area (Å²) in [5.74, 6) is 0.150. The summed E-state index contributed by atoms with van der Waals surface area (Å²) < 4.78 is 22.8. The molecule has 0 aliphatic rings. The number of aromatic nitrogens is 1. The van der Waals surface area contributed by atoms with Crippen LogP contribution >= 0.6 is 11.3 Å². The van der Waals surface area contributed by atoms with Gasteiger partial charge in [-0.1, -0.05) is 6.92 Å². The number of hydrogen-bond acceptors (Lipinski definition) is 5. The van der Waals surface area contributed by atoms with Crippen molar-refractivity contribution in [2.24, 2.45) is 5.73 Å². The van der Waals surface area contributed by atoms with E-state index in [1.54, 1.807) is 6.92 Å². The van der Waals surface area contributed by atoms with E-state index in [1.165, 1.54) is 17.6 Å². The van der Waals surface area contributed by atoms with Gasteiger partial charge in [0.1, 0.15) is 10.3 Å². The molecule has 1 rings (SSSR count). The van der Waals surface area contributed by atoms with Gasteiger partial charge in [-0.25, -0.2) is 13.4 Å². The molecule has 0 aromatic carbocycles. The van der Waals surface area contributed by atoms with Gasteiger partial charge in [-0.05, 0) is 13.8 Å². The molecule has 4 nitrogen and oxygen atoms in total. The van der Waals surface area contributed by atoms with Crippen molar-refractivity contribution in [2.45, 2.75) is 38.0 Å². The lowest BCUT2D eigenvalue weighted by Gasteiger charge is -2.12. The number of nitrogens with zero attached hydrogens (tertiary/aromatic N) is 1. The van der Waals surface area contributed by atoms with E-state index in [2.05, 4.69) is 4.98 Å². The highest BCUT2D eigenvalue weighted by atomic mass is 32.2. The predicted molar refractivity (Wildman–Crippen MR) is 67.4 cm³/mol. The van der Waals surface area contributed by atoms with E-state index in [0.717, 1.165) is 5.69 Å². The second-order valence-corrected chi connectivity index (χ2v) is 7.49. The van der Waals surface area contributed by atoms with Crippen molar-refractivity contribution in [1.29, 1.82) is 0 Å². The van der Waals surface area contributed by atoms with Crippen LogP contribution in [0.3, 0.4) is 0 Å². The van der Waals surface area contributed by atoms with Crippen LogP contribution in [0.1, 0.15) is 42.6 Å². The molecular formula is C10H18N2O2S2. The quantitative estimate of drug-likeness (QED) is 0.896. The average molecular weight is 262 g/mol. The zero-order valence-corrected chi connectivity index (χ0v) is 11.6. The molecule has 3 atom stereocenters. The number of hydrogen-bond donors (Lipinski definition) is 1. The summed E-state index contributed by atoms with van der Waals surface area (Å²) in [4.78, 5) is 4.36. The van der Waals surface area contributed by atoms with Crippen LogP contribution in [0.25, 0.3) is 0 Å². The third-order valence-electron chi connectivity index (χ3n) is 2.78. The normalized spacial score (nSPS) is 18.1. The highest BCUT2D eigenvalue weighted by Crippen LogP contribution is 2.27. The van der Waals surface area contributed by atoms with Gasteiger partial charge in [-0.3, -0.25) is 0 Å². The lowest BCUT2D eigenvalue weighted by molar-refractivity contribution is 0.588. The SMILES string of the molecule is CC(N)C(C)c1csc(C(C)S(C)(=O)=O)n1. The summed E-state index contributed by atoms with van der Waals surface area (Å²) in [6.45, 7) is 5.58. The van der Waals surface area contributed by atoms with Gasteiger partial charge in [0.05, 0.1) is 5.69 Å².